The summed E-state index contributed by atoms with van der Waals surface area (Å²) in [7, 11) is 0. The third-order valence-corrected chi connectivity index (χ3v) is 6.27. The van der Waals surface area contributed by atoms with Crippen LogP contribution in [0.25, 0.3) is 0 Å². The number of amidine groups is 1. The number of rotatable bonds is 5. The Bertz CT molecular complexity index is 880. The van der Waals surface area contributed by atoms with E-state index in [4.69, 9.17) is 21.1 Å². The van der Waals surface area contributed by atoms with E-state index in [9.17, 15) is 4.79 Å². The van der Waals surface area contributed by atoms with Gasteiger partial charge in [0.25, 0.3) is 5.91 Å². The van der Waals surface area contributed by atoms with Crippen LogP contribution in [0.3, 0.4) is 0 Å². The number of nitrogens with zero attached hydrogens (tertiary/aromatic N) is 2. The molecule has 0 radical (unpaired) electrons. The number of carbonyl (C=O) groups excluding carboxylic acids is 1. The van der Waals surface area contributed by atoms with Crippen LogP contribution in [-0.2, 0) is 4.74 Å². The first kappa shape index (κ1) is 20.3. The summed E-state index contributed by atoms with van der Waals surface area (Å²) >= 11 is 7.62. The van der Waals surface area contributed by atoms with Crippen molar-refractivity contribution in [3.63, 3.8) is 0 Å². The van der Waals surface area contributed by atoms with Gasteiger partial charge >= 0.3 is 0 Å². The zero-order chi connectivity index (χ0) is 20.2. The van der Waals surface area contributed by atoms with Gasteiger partial charge in [-0.15, -0.1) is 0 Å². The van der Waals surface area contributed by atoms with Gasteiger partial charge in [0.15, 0.2) is 5.17 Å². The highest BCUT2D eigenvalue weighted by Crippen LogP contribution is 2.29. The predicted octanol–water partition coefficient (Wildman–Crippen LogP) is 5.04. The molecule has 2 aliphatic heterocycles. The minimum atomic E-state index is -0.127. The van der Waals surface area contributed by atoms with Crippen molar-refractivity contribution in [2.45, 2.75) is 31.9 Å². The Labute approximate surface area is 180 Å². The second-order valence-electron chi connectivity index (χ2n) is 7.16. The van der Waals surface area contributed by atoms with E-state index < -0.39 is 0 Å². The van der Waals surface area contributed by atoms with Crippen LogP contribution in [0.15, 0.2) is 53.5 Å². The van der Waals surface area contributed by atoms with Crippen molar-refractivity contribution >= 4 is 40.1 Å². The van der Waals surface area contributed by atoms with Crippen LogP contribution >= 0.6 is 23.4 Å². The Kier molecular flexibility index (Phi) is 6.43. The van der Waals surface area contributed by atoms with Gasteiger partial charge in [-0.2, -0.15) is 0 Å². The van der Waals surface area contributed by atoms with Gasteiger partial charge in [-0.3, -0.25) is 14.7 Å². The zero-order valence-corrected chi connectivity index (χ0v) is 17.8. The van der Waals surface area contributed by atoms with Gasteiger partial charge in [0, 0.05) is 22.9 Å². The SMILES string of the molecule is CC1CSC(N(C(=O)c2ccc(OCC3CCCO3)cc2)c2ccc(Cl)cc2)=N1. The number of anilines is 1. The number of ether oxygens (including phenoxy) is 2. The fourth-order valence-corrected chi connectivity index (χ4v) is 4.44. The summed E-state index contributed by atoms with van der Waals surface area (Å²) in [6, 6.07) is 14.7. The van der Waals surface area contributed by atoms with Crippen LogP contribution < -0.4 is 9.64 Å². The minimum absolute atomic E-state index is 0.127. The van der Waals surface area contributed by atoms with Crippen LogP contribution in [0.2, 0.25) is 5.02 Å². The first-order valence-electron chi connectivity index (χ1n) is 9.75. The van der Waals surface area contributed by atoms with E-state index in [0.29, 0.717) is 22.4 Å². The lowest BCUT2D eigenvalue weighted by Gasteiger charge is -2.22. The fraction of sp³-hybridized carbons (Fsp3) is 0.364. The largest absolute Gasteiger partial charge is 0.491 e. The van der Waals surface area contributed by atoms with Gasteiger partial charge < -0.3 is 9.47 Å². The van der Waals surface area contributed by atoms with E-state index in [1.165, 1.54) is 0 Å². The summed E-state index contributed by atoms with van der Waals surface area (Å²) in [4.78, 5) is 19.6. The molecule has 2 aromatic rings. The van der Waals surface area contributed by atoms with Crippen molar-refractivity contribution in [1.29, 1.82) is 0 Å². The van der Waals surface area contributed by atoms with Gasteiger partial charge in [0.1, 0.15) is 12.4 Å². The molecule has 0 spiro atoms. The smallest absolute Gasteiger partial charge is 0.264 e. The highest BCUT2D eigenvalue weighted by atomic mass is 35.5. The Morgan fingerprint density at radius 2 is 2.00 bits per heavy atom. The molecule has 0 saturated carbocycles. The Morgan fingerprint density at radius 1 is 1.24 bits per heavy atom. The monoisotopic (exact) mass is 430 g/mol. The first-order chi connectivity index (χ1) is 14.1. The van der Waals surface area contributed by atoms with E-state index in [2.05, 4.69) is 4.99 Å². The van der Waals surface area contributed by atoms with Crippen molar-refractivity contribution in [2.24, 2.45) is 4.99 Å². The van der Waals surface area contributed by atoms with Crippen LogP contribution in [0.4, 0.5) is 5.69 Å². The number of hydrogen-bond donors (Lipinski definition) is 0. The number of benzene rings is 2. The number of hydrogen-bond acceptors (Lipinski definition) is 5. The summed E-state index contributed by atoms with van der Waals surface area (Å²) in [5.74, 6) is 1.47. The van der Waals surface area contributed by atoms with Gasteiger partial charge in [-0.05, 0) is 68.3 Å². The molecule has 1 saturated heterocycles. The molecular formula is C22H23ClN2O3S. The van der Waals surface area contributed by atoms with Gasteiger partial charge in [-0.1, -0.05) is 23.4 Å². The first-order valence-corrected chi connectivity index (χ1v) is 11.1. The maximum atomic E-state index is 13.3. The lowest BCUT2D eigenvalue weighted by Crippen LogP contribution is -2.34. The Hall–Kier alpha value is -2.02. The highest BCUT2D eigenvalue weighted by molar-refractivity contribution is 8.14. The van der Waals surface area contributed by atoms with Crippen LogP contribution in [-0.4, -0.2) is 42.2 Å². The average molecular weight is 431 g/mol. The molecule has 1 fully saturated rings. The molecule has 2 aromatic carbocycles. The topological polar surface area (TPSA) is 51.1 Å². The van der Waals surface area contributed by atoms with E-state index in [1.54, 1.807) is 40.9 Å². The molecule has 1 amide bonds. The van der Waals surface area contributed by atoms with E-state index in [1.807, 2.05) is 31.2 Å². The minimum Gasteiger partial charge on any atom is -0.491 e. The van der Waals surface area contributed by atoms with E-state index in [-0.39, 0.29) is 18.1 Å². The highest BCUT2D eigenvalue weighted by Gasteiger charge is 2.27. The Morgan fingerprint density at radius 3 is 2.62 bits per heavy atom. The van der Waals surface area contributed by atoms with Crippen molar-refractivity contribution in [3.8, 4) is 5.75 Å². The summed E-state index contributed by atoms with van der Waals surface area (Å²) < 4.78 is 11.4. The second kappa shape index (κ2) is 9.20. The predicted molar refractivity (Wildman–Crippen MR) is 119 cm³/mol. The lowest BCUT2D eigenvalue weighted by atomic mass is 10.1. The fourth-order valence-electron chi connectivity index (χ4n) is 3.27. The Balaban J connectivity index is 1.52. The standard InChI is InChI=1S/C22H23ClN2O3S/c1-15-14-29-22(24-15)25(18-8-6-17(23)7-9-18)21(26)16-4-10-19(11-5-16)28-13-20-3-2-12-27-20/h4-11,15,20H,2-3,12-14H2,1H3. The second-order valence-corrected chi connectivity index (χ2v) is 8.58. The molecule has 2 heterocycles. The normalized spacial score (nSPS) is 21.1. The molecule has 0 bridgehead atoms. The van der Waals surface area contributed by atoms with Crippen molar-refractivity contribution < 1.29 is 14.3 Å². The summed E-state index contributed by atoms with van der Waals surface area (Å²) in [5.41, 5.74) is 1.32. The van der Waals surface area contributed by atoms with Crippen molar-refractivity contribution in [1.82, 2.24) is 0 Å². The molecule has 152 valence electrons. The number of thioether (sulfide) groups is 1. The molecule has 2 atom stereocenters. The molecule has 2 aliphatic rings. The van der Waals surface area contributed by atoms with Crippen LogP contribution in [0.1, 0.15) is 30.1 Å². The number of amides is 1. The summed E-state index contributed by atoms with van der Waals surface area (Å²) in [6.07, 6.45) is 2.28. The lowest BCUT2D eigenvalue weighted by molar-refractivity contribution is 0.0679. The molecule has 0 N–H and O–H groups in total. The number of halogens is 1. The molecule has 5 nitrogen and oxygen atoms in total. The molecule has 7 heteroatoms. The van der Waals surface area contributed by atoms with Gasteiger partial charge in [0.05, 0.1) is 17.8 Å². The maximum Gasteiger partial charge on any atom is 0.264 e. The molecule has 0 aromatic heterocycles. The van der Waals surface area contributed by atoms with Crippen molar-refractivity contribution in [2.75, 3.05) is 23.9 Å². The summed E-state index contributed by atoms with van der Waals surface area (Å²) in [5, 5.41) is 1.34. The van der Waals surface area contributed by atoms with Gasteiger partial charge in [0.2, 0.25) is 0 Å². The van der Waals surface area contributed by atoms with E-state index >= 15 is 0 Å². The van der Waals surface area contributed by atoms with Gasteiger partial charge in [-0.25, -0.2) is 0 Å². The molecule has 2 unspecified atom stereocenters. The quantitative estimate of drug-likeness (QED) is 0.667. The molecular weight excluding hydrogens is 408 g/mol. The maximum absolute atomic E-state index is 13.3. The van der Waals surface area contributed by atoms with Crippen LogP contribution in [0.5, 0.6) is 5.75 Å². The van der Waals surface area contributed by atoms with E-state index in [0.717, 1.165) is 36.6 Å². The zero-order valence-electron chi connectivity index (χ0n) is 16.2. The third-order valence-electron chi connectivity index (χ3n) is 4.82. The summed E-state index contributed by atoms with van der Waals surface area (Å²) in [6.45, 7) is 3.39. The molecule has 4 rings (SSSR count). The number of aliphatic imine (C=N–C) groups is 1. The number of carbonyl (C=O) groups is 1. The third kappa shape index (κ3) is 4.94. The molecule has 0 aliphatic carbocycles. The molecule has 29 heavy (non-hydrogen) atoms. The average Bonchev–Trinajstić information content (AvgIpc) is 3.40. The van der Waals surface area contributed by atoms with Crippen molar-refractivity contribution in [3.05, 3.63) is 59.1 Å². The van der Waals surface area contributed by atoms with Crippen LogP contribution in [0, 0.1) is 0 Å².